The first-order valence-corrected chi connectivity index (χ1v) is 7.83. The van der Waals surface area contributed by atoms with Crippen LogP contribution < -0.4 is 0 Å². The van der Waals surface area contributed by atoms with E-state index in [0.717, 1.165) is 6.26 Å². The highest BCUT2D eigenvalue weighted by Gasteiger charge is 2.16. The van der Waals surface area contributed by atoms with Gasteiger partial charge in [0.2, 0.25) is 0 Å². The van der Waals surface area contributed by atoms with Crippen LogP contribution in [0, 0.1) is 0 Å². The van der Waals surface area contributed by atoms with E-state index in [2.05, 4.69) is 9.97 Å². The van der Waals surface area contributed by atoms with E-state index in [9.17, 15) is 13.5 Å². The summed E-state index contributed by atoms with van der Waals surface area (Å²) in [7, 11) is -3.35. The number of aromatic nitrogens is 2. The Bertz CT molecular complexity index is 898. The van der Waals surface area contributed by atoms with Gasteiger partial charge in [-0.25, -0.2) is 13.4 Å². The van der Waals surface area contributed by atoms with E-state index in [-0.39, 0.29) is 10.6 Å². The van der Waals surface area contributed by atoms with Gasteiger partial charge >= 0.3 is 0 Å². The van der Waals surface area contributed by atoms with Gasteiger partial charge in [0.15, 0.2) is 9.84 Å². The smallest absolute Gasteiger partial charge is 0.177 e. The molecule has 3 rings (SSSR count). The zero-order chi connectivity index (χ0) is 14.3. The number of nitrogens with one attached hydrogen (secondary N) is 1. The molecule has 102 valence electrons. The van der Waals surface area contributed by atoms with Crippen molar-refractivity contribution in [3.8, 4) is 17.1 Å². The zero-order valence-corrected chi connectivity index (χ0v) is 11.5. The molecule has 2 aromatic carbocycles. The van der Waals surface area contributed by atoms with Gasteiger partial charge in [0, 0.05) is 6.26 Å². The first-order chi connectivity index (χ1) is 9.47. The largest absolute Gasteiger partial charge is 0.507 e. The Labute approximate surface area is 115 Å². The number of nitrogens with zero attached hydrogens (tertiary/aromatic N) is 1. The molecule has 6 heteroatoms. The van der Waals surface area contributed by atoms with Crippen LogP contribution in [0.25, 0.3) is 22.4 Å². The van der Waals surface area contributed by atoms with Gasteiger partial charge in [-0.1, -0.05) is 18.2 Å². The maximum absolute atomic E-state index is 11.8. The second-order valence-corrected chi connectivity index (χ2v) is 6.51. The highest BCUT2D eigenvalue weighted by atomic mass is 32.2. The minimum Gasteiger partial charge on any atom is -0.507 e. The number of phenols is 1. The van der Waals surface area contributed by atoms with Crippen molar-refractivity contribution in [3.05, 3.63) is 42.5 Å². The van der Waals surface area contributed by atoms with Crippen LogP contribution in [-0.2, 0) is 9.84 Å². The summed E-state index contributed by atoms with van der Waals surface area (Å²) in [4.78, 5) is 7.52. The molecule has 0 amide bonds. The fourth-order valence-corrected chi connectivity index (χ4v) is 2.94. The predicted octanol–water partition coefficient (Wildman–Crippen LogP) is 2.34. The fourth-order valence-electron chi connectivity index (χ4n) is 2.11. The summed E-state index contributed by atoms with van der Waals surface area (Å²) < 4.78 is 23.5. The Hall–Kier alpha value is -2.34. The third kappa shape index (κ3) is 2.04. The molecule has 1 heterocycles. The fraction of sp³-hybridized carbons (Fsp3) is 0.0714. The van der Waals surface area contributed by atoms with Gasteiger partial charge in [-0.05, 0) is 24.3 Å². The van der Waals surface area contributed by atoms with Gasteiger partial charge in [-0.2, -0.15) is 0 Å². The van der Waals surface area contributed by atoms with Crippen molar-refractivity contribution in [1.29, 1.82) is 0 Å². The summed E-state index contributed by atoms with van der Waals surface area (Å²) in [6.45, 7) is 0. The van der Waals surface area contributed by atoms with Crippen molar-refractivity contribution in [2.24, 2.45) is 0 Å². The molecular weight excluding hydrogens is 276 g/mol. The second-order valence-electron chi connectivity index (χ2n) is 4.53. The third-order valence-corrected chi connectivity index (χ3v) is 4.16. The number of H-pyrrole nitrogens is 1. The lowest BCUT2D eigenvalue weighted by Crippen LogP contribution is -1.97. The Balaban J connectivity index is 2.30. The number of imidazole rings is 1. The molecule has 0 unspecified atom stereocenters. The molecule has 0 fully saturated rings. The lowest BCUT2D eigenvalue weighted by atomic mass is 10.2. The predicted molar refractivity (Wildman–Crippen MR) is 76.3 cm³/mol. The molecule has 0 atom stereocenters. The number of aromatic hydroxyl groups is 1. The number of hydrogen-bond acceptors (Lipinski definition) is 4. The molecule has 5 nitrogen and oxygen atoms in total. The number of para-hydroxylation sites is 2. The molecular formula is C14H12N2O3S. The van der Waals surface area contributed by atoms with Gasteiger partial charge < -0.3 is 10.1 Å². The van der Waals surface area contributed by atoms with Crippen LogP contribution in [0.5, 0.6) is 5.75 Å². The van der Waals surface area contributed by atoms with E-state index in [4.69, 9.17) is 0 Å². The second kappa shape index (κ2) is 4.35. The number of aromatic amines is 1. The molecule has 0 spiro atoms. The van der Waals surface area contributed by atoms with E-state index >= 15 is 0 Å². The minimum absolute atomic E-state index is 0.0902. The van der Waals surface area contributed by atoms with Gasteiger partial charge in [0.1, 0.15) is 17.1 Å². The Kier molecular flexibility index (Phi) is 2.76. The molecule has 0 aliphatic rings. The van der Waals surface area contributed by atoms with E-state index in [0.29, 0.717) is 22.4 Å². The minimum atomic E-state index is -3.35. The molecule has 0 aliphatic carbocycles. The number of sulfone groups is 1. The van der Waals surface area contributed by atoms with Crippen molar-refractivity contribution in [2.75, 3.05) is 6.26 Å². The van der Waals surface area contributed by atoms with Crippen LogP contribution in [0.4, 0.5) is 0 Å². The first-order valence-electron chi connectivity index (χ1n) is 5.94. The van der Waals surface area contributed by atoms with E-state index in [1.54, 1.807) is 36.4 Å². The van der Waals surface area contributed by atoms with Crippen LogP contribution in [0.15, 0.2) is 47.4 Å². The molecule has 3 aromatic rings. The molecule has 0 aliphatic heterocycles. The molecule has 2 N–H and O–H groups in total. The Morgan fingerprint density at radius 2 is 1.85 bits per heavy atom. The van der Waals surface area contributed by atoms with Gasteiger partial charge in [-0.15, -0.1) is 0 Å². The first kappa shape index (κ1) is 12.7. The maximum Gasteiger partial charge on any atom is 0.177 e. The zero-order valence-electron chi connectivity index (χ0n) is 10.7. The summed E-state index contributed by atoms with van der Waals surface area (Å²) in [6.07, 6.45) is 1.15. The third-order valence-electron chi connectivity index (χ3n) is 3.03. The summed E-state index contributed by atoms with van der Waals surface area (Å²) in [6, 6.07) is 11.7. The Morgan fingerprint density at radius 3 is 2.55 bits per heavy atom. The van der Waals surface area contributed by atoms with Crippen molar-refractivity contribution in [3.63, 3.8) is 0 Å². The molecule has 0 radical (unpaired) electrons. The highest BCUT2D eigenvalue weighted by Crippen LogP contribution is 2.30. The number of hydrogen-bond donors (Lipinski definition) is 2. The molecule has 0 bridgehead atoms. The summed E-state index contributed by atoms with van der Waals surface area (Å²) >= 11 is 0. The molecule has 0 saturated heterocycles. The highest BCUT2D eigenvalue weighted by molar-refractivity contribution is 7.91. The lowest BCUT2D eigenvalue weighted by Gasteiger charge is -1.99. The van der Waals surface area contributed by atoms with Crippen molar-refractivity contribution in [1.82, 2.24) is 9.97 Å². The summed E-state index contributed by atoms with van der Waals surface area (Å²) in [5, 5.41) is 9.84. The van der Waals surface area contributed by atoms with Gasteiger partial charge in [-0.3, -0.25) is 0 Å². The van der Waals surface area contributed by atoms with Crippen LogP contribution in [0.2, 0.25) is 0 Å². The van der Waals surface area contributed by atoms with Crippen molar-refractivity contribution >= 4 is 20.9 Å². The van der Waals surface area contributed by atoms with Crippen LogP contribution in [0.1, 0.15) is 0 Å². The number of rotatable bonds is 2. The van der Waals surface area contributed by atoms with E-state index in [1.165, 1.54) is 6.07 Å². The molecule has 0 saturated carbocycles. The quantitative estimate of drug-likeness (QED) is 0.758. The van der Waals surface area contributed by atoms with Crippen LogP contribution >= 0.6 is 0 Å². The lowest BCUT2D eigenvalue weighted by molar-refractivity contribution is 0.477. The summed E-state index contributed by atoms with van der Waals surface area (Å²) in [5.41, 5.74) is 1.53. The SMILES string of the molecule is CS(=O)(=O)c1cccc2[nH]c(-c3ccccc3O)nc12. The van der Waals surface area contributed by atoms with Crippen molar-refractivity contribution in [2.45, 2.75) is 4.90 Å². The Morgan fingerprint density at radius 1 is 1.10 bits per heavy atom. The number of fused-ring (bicyclic) bond motifs is 1. The van der Waals surface area contributed by atoms with Crippen LogP contribution in [0.3, 0.4) is 0 Å². The van der Waals surface area contributed by atoms with Gasteiger partial charge in [0.25, 0.3) is 0 Å². The van der Waals surface area contributed by atoms with Gasteiger partial charge in [0.05, 0.1) is 16.0 Å². The van der Waals surface area contributed by atoms with E-state index in [1.807, 2.05) is 0 Å². The average Bonchev–Trinajstić information content (AvgIpc) is 2.81. The summed E-state index contributed by atoms with van der Waals surface area (Å²) in [5.74, 6) is 0.529. The number of phenolic OH excluding ortho intramolecular Hbond substituents is 1. The maximum atomic E-state index is 11.8. The number of benzene rings is 2. The normalized spacial score (nSPS) is 11.8. The monoisotopic (exact) mass is 288 g/mol. The van der Waals surface area contributed by atoms with E-state index < -0.39 is 9.84 Å². The topological polar surface area (TPSA) is 83.0 Å². The average molecular weight is 288 g/mol. The van der Waals surface area contributed by atoms with Crippen molar-refractivity contribution < 1.29 is 13.5 Å². The molecule has 1 aromatic heterocycles. The standard InChI is InChI=1S/C14H12N2O3S/c1-20(18,19)12-8-4-6-10-13(12)16-14(15-10)9-5-2-3-7-11(9)17/h2-8,17H,1H3,(H,15,16). The van der Waals surface area contributed by atoms with Crippen LogP contribution in [-0.4, -0.2) is 29.7 Å². The molecule has 20 heavy (non-hydrogen) atoms.